The van der Waals surface area contributed by atoms with Crippen LogP contribution in [0.2, 0.25) is 0 Å². The van der Waals surface area contributed by atoms with Crippen LogP contribution in [-0.4, -0.2) is 31.6 Å². The molecule has 2 aliphatic heterocycles. The van der Waals surface area contributed by atoms with Crippen molar-refractivity contribution in [3.8, 4) is 5.75 Å². The Morgan fingerprint density at radius 2 is 2.38 bits per heavy atom. The molecule has 84 valence electrons. The zero-order valence-electron chi connectivity index (χ0n) is 8.57. The number of rotatable bonds is 0. The fraction of sp³-hybridized carbons (Fsp3) is 0.364. The summed E-state index contributed by atoms with van der Waals surface area (Å²) >= 11 is 3.40. The number of anilines is 1. The Balaban J connectivity index is 2.06. The van der Waals surface area contributed by atoms with E-state index in [4.69, 9.17) is 4.74 Å². The third-order valence-corrected chi connectivity index (χ3v) is 3.40. The molecule has 0 aliphatic carbocycles. The number of fused-ring (bicyclic) bond motifs is 3. The molecule has 0 aromatic heterocycles. The van der Waals surface area contributed by atoms with Crippen LogP contribution in [0, 0.1) is 0 Å². The topological polar surface area (TPSA) is 41.6 Å². The highest BCUT2D eigenvalue weighted by molar-refractivity contribution is 9.10. The van der Waals surface area contributed by atoms with Gasteiger partial charge in [-0.2, -0.15) is 0 Å². The van der Waals surface area contributed by atoms with E-state index >= 15 is 0 Å². The molecule has 0 radical (unpaired) electrons. The van der Waals surface area contributed by atoms with Crippen LogP contribution in [0.5, 0.6) is 5.75 Å². The first kappa shape index (κ1) is 10.1. The number of amides is 1. The van der Waals surface area contributed by atoms with Gasteiger partial charge in [-0.1, -0.05) is 15.9 Å². The van der Waals surface area contributed by atoms with E-state index in [1.807, 2.05) is 23.1 Å². The van der Waals surface area contributed by atoms with Crippen molar-refractivity contribution in [2.45, 2.75) is 6.04 Å². The highest BCUT2D eigenvalue weighted by Crippen LogP contribution is 2.36. The monoisotopic (exact) mass is 282 g/mol. The van der Waals surface area contributed by atoms with E-state index in [-0.39, 0.29) is 11.9 Å². The summed E-state index contributed by atoms with van der Waals surface area (Å²) in [7, 11) is 0. The SMILES string of the molecule is O=C1CNCC2COc3cc(Br)ccc3N12. The van der Waals surface area contributed by atoms with E-state index in [9.17, 15) is 4.79 Å². The van der Waals surface area contributed by atoms with E-state index in [1.165, 1.54) is 0 Å². The van der Waals surface area contributed by atoms with Gasteiger partial charge in [-0.3, -0.25) is 4.79 Å². The Bertz CT molecular complexity index is 450. The van der Waals surface area contributed by atoms with Crippen LogP contribution >= 0.6 is 15.9 Å². The number of carbonyl (C=O) groups is 1. The van der Waals surface area contributed by atoms with Gasteiger partial charge in [-0.15, -0.1) is 0 Å². The molecule has 0 spiro atoms. The van der Waals surface area contributed by atoms with Gasteiger partial charge in [0.25, 0.3) is 0 Å². The predicted octanol–water partition coefficient (Wildman–Crippen LogP) is 1.15. The van der Waals surface area contributed by atoms with Crippen molar-refractivity contribution in [2.24, 2.45) is 0 Å². The first-order chi connectivity index (χ1) is 7.75. The Morgan fingerprint density at radius 3 is 3.25 bits per heavy atom. The van der Waals surface area contributed by atoms with E-state index in [2.05, 4.69) is 21.2 Å². The summed E-state index contributed by atoms with van der Waals surface area (Å²) in [5, 5.41) is 3.10. The Labute approximate surface area is 102 Å². The maximum absolute atomic E-state index is 11.9. The average Bonchev–Trinajstić information content (AvgIpc) is 2.29. The van der Waals surface area contributed by atoms with Crippen LogP contribution in [0.25, 0.3) is 0 Å². The summed E-state index contributed by atoms with van der Waals surface area (Å²) in [5.41, 5.74) is 0.881. The molecule has 1 amide bonds. The maximum Gasteiger partial charge on any atom is 0.241 e. The summed E-state index contributed by atoms with van der Waals surface area (Å²) < 4.78 is 6.62. The van der Waals surface area contributed by atoms with E-state index in [0.717, 1.165) is 22.5 Å². The second-order valence-electron chi connectivity index (χ2n) is 3.97. The molecule has 5 heteroatoms. The second kappa shape index (κ2) is 3.75. The highest BCUT2D eigenvalue weighted by atomic mass is 79.9. The molecular formula is C11H11BrN2O2. The van der Waals surface area contributed by atoms with Gasteiger partial charge in [0.2, 0.25) is 5.91 Å². The lowest BCUT2D eigenvalue weighted by Crippen LogP contribution is -2.58. The third-order valence-electron chi connectivity index (χ3n) is 2.90. The normalized spacial score (nSPS) is 23.4. The molecule has 1 saturated heterocycles. The number of benzene rings is 1. The van der Waals surface area contributed by atoms with Gasteiger partial charge in [0.05, 0.1) is 18.3 Å². The van der Waals surface area contributed by atoms with Gasteiger partial charge in [0.15, 0.2) is 0 Å². The number of hydrogen-bond acceptors (Lipinski definition) is 3. The van der Waals surface area contributed by atoms with Crippen molar-refractivity contribution in [2.75, 3.05) is 24.6 Å². The number of halogens is 1. The van der Waals surface area contributed by atoms with Crippen molar-refractivity contribution in [1.29, 1.82) is 0 Å². The largest absolute Gasteiger partial charge is 0.489 e. The van der Waals surface area contributed by atoms with Gasteiger partial charge >= 0.3 is 0 Å². The van der Waals surface area contributed by atoms with E-state index < -0.39 is 0 Å². The minimum Gasteiger partial charge on any atom is -0.489 e. The molecule has 4 nitrogen and oxygen atoms in total. The summed E-state index contributed by atoms with van der Waals surface area (Å²) in [5.74, 6) is 0.893. The quantitative estimate of drug-likeness (QED) is 0.776. The van der Waals surface area contributed by atoms with Crippen molar-refractivity contribution in [1.82, 2.24) is 5.32 Å². The molecule has 1 aromatic rings. The number of hydrogen-bond donors (Lipinski definition) is 1. The van der Waals surface area contributed by atoms with Crippen molar-refractivity contribution < 1.29 is 9.53 Å². The Hall–Kier alpha value is -1.07. The Morgan fingerprint density at radius 1 is 1.50 bits per heavy atom. The van der Waals surface area contributed by atoms with Crippen molar-refractivity contribution >= 4 is 27.5 Å². The van der Waals surface area contributed by atoms with E-state index in [0.29, 0.717) is 13.2 Å². The maximum atomic E-state index is 11.9. The molecule has 1 atom stereocenters. The van der Waals surface area contributed by atoms with Crippen LogP contribution < -0.4 is 15.0 Å². The zero-order valence-corrected chi connectivity index (χ0v) is 10.2. The molecular weight excluding hydrogens is 272 g/mol. The number of nitrogens with one attached hydrogen (secondary N) is 1. The molecule has 0 bridgehead atoms. The van der Waals surface area contributed by atoms with Gasteiger partial charge < -0.3 is 15.0 Å². The molecule has 16 heavy (non-hydrogen) atoms. The predicted molar refractivity (Wildman–Crippen MR) is 63.8 cm³/mol. The molecule has 1 aromatic carbocycles. The average molecular weight is 283 g/mol. The number of nitrogens with zero attached hydrogens (tertiary/aromatic N) is 1. The summed E-state index contributed by atoms with van der Waals surface area (Å²) in [6, 6.07) is 5.88. The van der Waals surface area contributed by atoms with Crippen LogP contribution in [0.4, 0.5) is 5.69 Å². The minimum absolute atomic E-state index is 0.114. The molecule has 0 saturated carbocycles. The first-order valence-corrected chi connectivity index (χ1v) is 6.00. The van der Waals surface area contributed by atoms with Crippen LogP contribution in [0.15, 0.2) is 22.7 Å². The van der Waals surface area contributed by atoms with Gasteiger partial charge in [0, 0.05) is 11.0 Å². The lowest BCUT2D eigenvalue weighted by molar-refractivity contribution is -0.119. The van der Waals surface area contributed by atoms with Crippen molar-refractivity contribution in [3.05, 3.63) is 22.7 Å². The molecule has 3 rings (SSSR count). The first-order valence-electron chi connectivity index (χ1n) is 5.21. The van der Waals surface area contributed by atoms with Crippen LogP contribution in [0.1, 0.15) is 0 Å². The summed E-state index contributed by atoms with van der Waals surface area (Å²) in [4.78, 5) is 13.7. The van der Waals surface area contributed by atoms with Crippen molar-refractivity contribution in [3.63, 3.8) is 0 Å². The van der Waals surface area contributed by atoms with Gasteiger partial charge in [-0.25, -0.2) is 0 Å². The second-order valence-corrected chi connectivity index (χ2v) is 4.89. The fourth-order valence-electron chi connectivity index (χ4n) is 2.18. The smallest absolute Gasteiger partial charge is 0.241 e. The molecule has 1 unspecified atom stereocenters. The number of carbonyl (C=O) groups excluding carboxylic acids is 1. The van der Waals surface area contributed by atoms with Crippen LogP contribution in [0.3, 0.4) is 0 Å². The highest BCUT2D eigenvalue weighted by Gasteiger charge is 2.34. The fourth-order valence-corrected chi connectivity index (χ4v) is 2.52. The van der Waals surface area contributed by atoms with Gasteiger partial charge in [0.1, 0.15) is 12.4 Å². The lowest BCUT2D eigenvalue weighted by atomic mass is 10.1. The van der Waals surface area contributed by atoms with Gasteiger partial charge in [-0.05, 0) is 18.2 Å². The summed E-state index contributed by atoms with van der Waals surface area (Å²) in [6.07, 6.45) is 0. The number of piperazine rings is 1. The standard InChI is InChI=1S/C11H11BrN2O2/c12-7-1-2-9-10(3-7)16-6-8-4-13-5-11(15)14(8)9/h1-3,8,13H,4-6H2. The van der Waals surface area contributed by atoms with Crippen LogP contribution in [-0.2, 0) is 4.79 Å². The number of ether oxygens (including phenoxy) is 1. The minimum atomic E-state index is 0.114. The molecule has 1 fully saturated rings. The zero-order chi connectivity index (χ0) is 11.1. The molecule has 2 heterocycles. The lowest BCUT2D eigenvalue weighted by Gasteiger charge is -2.40. The third kappa shape index (κ3) is 1.51. The van der Waals surface area contributed by atoms with E-state index in [1.54, 1.807) is 0 Å². The molecule has 2 aliphatic rings. The Kier molecular flexibility index (Phi) is 2.37. The molecule has 1 N–H and O–H groups in total. The summed E-state index contributed by atoms with van der Waals surface area (Å²) in [6.45, 7) is 1.76.